The van der Waals surface area contributed by atoms with Crippen LogP contribution in [0.4, 0.5) is 17.1 Å². The molecule has 0 amide bonds. The molecular formula is C50H35NO. The molecule has 0 aliphatic carbocycles. The molecule has 1 heterocycles. The smallest absolute Gasteiger partial charge is 0.137 e. The van der Waals surface area contributed by atoms with E-state index in [2.05, 4.69) is 205 Å². The molecule has 0 aliphatic heterocycles. The second kappa shape index (κ2) is 13.8. The first-order valence-corrected chi connectivity index (χ1v) is 17.7. The standard InChI is InChI=1S/C50H35NO/c1-4-15-36(16-5-1)40-22-14-23-41(31-40)39-27-29-45(30-28-39)51(48-25-12-11-24-47(48)50-35-42-21-10-13-26-49(42)52-50)46-33-43(37-17-6-2-7-18-37)32-44(34-46)38-19-8-3-9-20-38/h1-35H. The summed E-state index contributed by atoms with van der Waals surface area (Å²) in [6.07, 6.45) is 0. The lowest BCUT2D eigenvalue weighted by atomic mass is 9.96. The van der Waals surface area contributed by atoms with E-state index in [9.17, 15) is 0 Å². The Morgan fingerprint density at radius 3 is 1.40 bits per heavy atom. The number of nitrogens with zero attached hydrogens (tertiary/aromatic N) is 1. The predicted molar refractivity (Wildman–Crippen MR) is 218 cm³/mol. The molecule has 1 aromatic heterocycles. The summed E-state index contributed by atoms with van der Waals surface area (Å²) in [4.78, 5) is 2.37. The van der Waals surface area contributed by atoms with Crippen molar-refractivity contribution >= 4 is 28.0 Å². The number of furan rings is 1. The monoisotopic (exact) mass is 665 g/mol. The number of fused-ring (bicyclic) bond motifs is 1. The van der Waals surface area contributed by atoms with Crippen LogP contribution < -0.4 is 4.90 Å². The molecule has 246 valence electrons. The summed E-state index contributed by atoms with van der Waals surface area (Å²) >= 11 is 0. The molecule has 0 saturated heterocycles. The van der Waals surface area contributed by atoms with Crippen molar-refractivity contribution in [1.82, 2.24) is 0 Å². The van der Waals surface area contributed by atoms with Crippen molar-refractivity contribution in [3.8, 4) is 55.8 Å². The lowest BCUT2D eigenvalue weighted by molar-refractivity contribution is 0.631. The fraction of sp³-hybridized carbons (Fsp3) is 0. The summed E-state index contributed by atoms with van der Waals surface area (Å²) in [7, 11) is 0. The molecule has 0 bridgehead atoms. The van der Waals surface area contributed by atoms with Crippen molar-refractivity contribution in [3.63, 3.8) is 0 Å². The van der Waals surface area contributed by atoms with Crippen LogP contribution in [0.15, 0.2) is 217 Å². The van der Waals surface area contributed by atoms with Crippen LogP contribution in [0.1, 0.15) is 0 Å². The van der Waals surface area contributed by atoms with Crippen LogP contribution in [0.25, 0.3) is 66.8 Å². The number of hydrogen-bond acceptors (Lipinski definition) is 2. The van der Waals surface area contributed by atoms with E-state index in [0.717, 1.165) is 56.0 Å². The van der Waals surface area contributed by atoms with Gasteiger partial charge in [0.2, 0.25) is 0 Å². The van der Waals surface area contributed by atoms with Gasteiger partial charge in [-0.05, 0) is 105 Å². The minimum absolute atomic E-state index is 0.832. The van der Waals surface area contributed by atoms with Gasteiger partial charge in [0.05, 0.1) is 5.69 Å². The molecule has 8 aromatic carbocycles. The van der Waals surface area contributed by atoms with Crippen molar-refractivity contribution in [3.05, 3.63) is 212 Å². The Bertz CT molecular complexity index is 2510. The SMILES string of the molecule is c1ccc(-c2cccc(-c3ccc(N(c4cc(-c5ccccc5)cc(-c5ccccc5)c4)c4ccccc4-c4cc5ccccc5o4)cc3)c2)cc1. The molecule has 0 N–H and O–H groups in total. The van der Waals surface area contributed by atoms with E-state index in [-0.39, 0.29) is 0 Å². The van der Waals surface area contributed by atoms with E-state index in [4.69, 9.17) is 4.42 Å². The largest absolute Gasteiger partial charge is 0.456 e. The van der Waals surface area contributed by atoms with Gasteiger partial charge >= 0.3 is 0 Å². The first-order chi connectivity index (χ1) is 25.8. The van der Waals surface area contributed by atoms with Gasteiger partial charge in [0.1, 0.15) is 11.3 Å². The number of rotatable bonds is 8. The molecule has 9 aromatic rings. The van der Waals surface area contributed by atoms with Gasteiger partial charge in [-0.15, -0.1) is 0 Å². The Kier molecular flexibility index (Phi) is 8.24. The summed E-state index contributed by atoms with van der Waals surface area (Å²) < 4.78 is 6.50. The minimum atomic E-state index is 0.832. The Morgan fingerprint density at radius 1 is 0.308 bits per heavy atom. The molecule has 0 unspecified atom stereocenters. The molecule has 0 saturated carbocycles. The van der Waals surface area contributed by atoms with Gasteiger partial charge in [0.15, 0.2) is 0 Å². The average molecular weight is 666 g/mol. The maximum atomic E-state index is 6.50. The van der Waals surface area contributed by atoms with E-state index < -0.39 is 0 Å². The fourth-order valence-electron chi connectivity index (χ4n) is 7.07. The zero-order valence-corrected chi connectivity index (χ0v) is 28.6. The highest BCUT2D eigenvalue weighted by molar-refractivity contribution is 5.93. The van der Waals surface area contributed by atoms with Crippen LogP contribution in [0, 0.1) is 0 Å². The summed E-state index contributed by atoms with van der Waals surface area (Å²) in [6.45, 7) is 0. The van der Waals surface area contributed by atoms with Crippen LogP contribution in [0.5, 0.6) is 0 Å². The van der Waals surface area contributed by atoms with Crippen LogP contribution >= 0.6 is 0 Å². The summed E-state index contributed by atoms with van der Waals surface area (Å²) in [5.41, 5.74) is 14.4. The van der Waals surface area contributed by atoms with Crippen LogP contribution in [0.3, 0.4) is 0 Å². The van der Waals surface area contributed by atoms with Gasteiger partial charge in [0, 0.05) is 22.3 Å². The Balaban J connectivity index is 1.22. The van der Waals surface area contributed by atoms with Crippen molar-refractivity contribution in [2.75, 3.05) is 4.90 Å². The van der Waals surface area contributed by atoms with E-state index in [1.807, 2.05) is 12.1 Å². The third-order valence-corrected chi connectivity index (χ3v) is 9.65. The van der Waals surface area contributed by atoms with Crippen LogP contribution in [0.2, 0.25) is 0 Å². The number of hydrogen-bond donors (Lipinski definition) is 0. The summed E-state index contributed by atoms with van der Waals surface area (Å²) in [5.74, 6) is 0.832. The van der Waals surface area contributed by atoms with Crippen molar-refractivity contribution in [2.45, 2.75) is 0 Å². The molecule has 0 spiro atoms. The van der Waals surface area contributed by atoms with Crippen LogP contribution in [-0.2, 0) is 0 Å². The molecule has 0 fully saturated rings. The van der Waals surface area contributed by atoms with Crippen molar-refractivity contribution < 1.29 is 4.42 Å². The Hall–Kier alpha value is -6.90. The Labute approximate surface area is 304 Å². The molecular weight excluding hydrogens is 631 g/mol. The molecule has 0 radical (unpaired) electrons. The van der Waals surface area contributed by atoms with Crippen molar-refractivity contribution in [1.29, 1.82) is 0 Å². The lowest BCUT2D eigenvalue weighted by Crippen LogP contribution is -2.11. The van der Waals surface area contributed by atoms with Gasteiger partial charge in [0.25, 0.3) is 0 Å². The summed E-state index contributed by atoms with van der Waals surface area (Å²) in [5, 5.41) is 1.08. The molecule has 9 rings (SSSR count). The lowest BCUT2D eigenvalue weighted by Gasteiger charge is -2.28. The first-order valence-electron chi connectivity index (χ1n) is 17.7. The fourth-order valence-corrected chi connectivity index (χ4v) is 7.07. The normalized spacial score (nSPS) is 11.1. The van der Waals surface area contributed by atoms with Gasteiger partial charge in [-0.25, -0.2) is 0 Å². The maximum absolute atomic E-state index is 6.50. The molecule has 52 heavy (non-hydrogen) atoms. The third kappa shape index (κ3) is 6.19. The predicted octanol–water partition coefficient (Wildman–Crippen LogP) is 14.2. The summed E-state index contributed by atoms with van der Waals surface area (Å²) in [6, 6.07) is 75.3. The zero-order valence-electron chi connectivity index (χ0n) is 28.6. The van der Waals surface area contributed by atoms with E-state index >= 15 is 0 Å². The van der Waals surface area contributed by atoms with Crippen LogP contribution in [-0.4, -0.2) is 0 Å². The highest BCUT2D eigenvalue weighted by Gasteiger charge is 2.21. The van der Waals surface area contributed by atoms with Gasteiger partial charge in [-0.3, -0.25) is 0 Å². The zero-order chi connectivity index (χ0) is 34.7. The first kappa shape index (κ1) is 31.1. The van der Waals surface area contributed by atoms with E-state index in [1.54, 1.807) is 0 Å². The van der Waals surface area contributed by atoms with E-state index in [0.29, 0.717) is 0 Å². The van der Waals surface area contributed by atoms with Crippen molar-refractivity contribution in [2.24, 2.45) is 0 Å². The number of benzene rings is 8. The topological polar surface area (TPSA) is 16.4 Å². The van der Waals surface area contributed by atoms with E-state index in [1.165, 1.54) is 27.8 Å². The molecule has 0 aliphatic rings. The highest BCUT2D eigenvalue weighted by atomic mass is 16.3. The average Bonchev–Trinajstić information content (AvgIpc) is 3.67. The molecule has 2 nitrogen and oxygen atoms in total. The Morgan fingerprint density at radius 2 is 0.788 bits per heavy atom. The second-order valence-corrected chi connectivity index (χ2v) is 13.0. The molecule has 0 atom stereocenters. The third-order valence-electron chi connectivity index (χ3n) is 9.65. The maximum Gasteiger partial charge on any atom is 0.137 e. The van der Waals surface area contributed by atoms with Gasteiger partial charge < -0.3 is 9.32 Å². The molecule has 2 heteroatoms. The highest BCUT2D eigenvalue weighted by Crippen LogP contribution is 2.45. The number of para-hydroxylation sites is 2. The minimum Gasteiger partial charge on any atom is -0.456 e. The second-order valence-electron chi connectivity index (χ2n) is 13.0. The number of anilines is 3. The van der Waals surface area contributed by atoms with Gasteiger partial charge in [-0.1, -0.05) is 152 Å². The van der Waals surface area contributed by atoms with Gasteiger partial charge in [-0.2, -0.15) is 0 Å². The quantitative estimate of drug-likeness (QED) is 0.161.